The molecular weight excluding hydrogens is 773 g/mol. The van der Waals surface area contributed by atoms with E-state index in [4.69, 9.17) is 0 Å². The molecule has 0 radical (unpaired) electrons. The largest absolute Gasteiger partial charge is 0.270 e. The summed E-state index contributed by atoms with van der Waals surface area (Å²) < 4.78 is 0. The smallest absolute Gasteiger partial charge is 0.258 e. The quantitative estimate of drug-likeness (QED) is 0.108. The van der Waals surface area contributed by atoms with Crippen LogP contribution in [0.3, 0.4) is 0 Å². The number of non-ortho nitro benzene ring substituents is 4. The average molecular weight is 801 g/mol. The molecule has 12 heteroatoms. The summed E-state index contributed by atoms with van der Waals surface area (Å²) in [4.78, 5) is 45.9. The molecule has 0 saturated carbocycles. The van der Waals surface area contributed by atoms with Gasteiger partial charge in [0, 0.05) is 48.5 Å². The number of hydrogen-bond acceptors (Lipinski definition) is 8. The van der Waals surface area contributed by atoms with E-state index in [-0.39, 0.29) is 22.7 Å². The van der Waals surface area contributed by atoms with E-state index in [2.05, 4.69) is 24.3 Å². The van der Waals surface area contributed by atoms with Crippen LogP contribution in [-0.2, 0) is 5.41 Å². The van der Waals surface area contributed by atoms with Crippen LogP contribution in [0.15, 0.2) is 170 Å². The number of nitro groups is 4. The summed E-state index contributed by atoms with van der Waals surface area (Å²) >= 11 is 0. The normalized spacial score (nSPS) is 12.6. The Hall–Kier alpha value is -8.64. The third kappa shape index (κ3) is 5.76. The van der Waals surface area contributed by atoms with Gasteiger partial charge in [0.05, 0.1) is 25.1 Å². The van der Waals surface area contributed by atoms with Gasteiger partial charge in [0.25, 0.3) is 22.7 Å². The zero-order valence-electron chi connectivity index (χ0n) is 31.7. The van der Waals surface area contributed by atoms with E-state index in [1.807, 2.05) is 72.8 Å². The molecule has 0 aliphatic heterocycles. The van der Waals surface area contributed by atoms with Crippen LogP contribution < -0.4 is 0 Å². The van der Waals surface area contributed by atoms with Gasteiger partial charge in [0.15, 0.2) is 0 Å². The Morgan fingerprint density at radius 1 is 0.279 bits per heavy atom. The first-order valence-corrected chi connectivity index (χ1v) is 19.1. The van der Waals surface area contributed by atoms with Crippen molar-refractivity contribution >= 4 is 22.7 Å². The average Bonchev–Trinajstić information content (AvgIpc) is 3.74. The molecule has 292 valence electrons. The monoisotopic (exact) mass is 800 g/mol. The Labute approximate surface area is 346 Å². The molecule has 1 spiro atoms. The number of fused-ring (bicyclic) bond motifs is 10. The summed E-state index contributed by atoms with van der Waals surface area (Å²) in [5.41, 5.74) is 11.2. The first-order chi connectivity index (χ1) is 29.5. The number of nitro benzene ring substituents is 4. The third-order valence-electron chi connectivity index (χ3n) is 11.8. The molecule has 0 amide bonds. The Bertz CT molecular complexity index is 2820. The molecule has 0 unspecified atom stereocenters. The van der Waals surface area contributed by atoms with Gasteiger partial charge >= 0.3 is 0 Å². The van der Waals surface area contributed by atoms with E-state index in [0.717, 1.165) is 66.8 Å². The van der Waals surface area contributed by atoms with Gasteiger partial charge in [-0.3, -0.25) is 40.5 Å². The van der Waals surface area contributed by atoms with Crippen molar-refractivity contribution in [2.45, 2.75) is 5.41 Å². The van der Waals surface area contributed by atoms with Gasteiger partial charge < -0.3 is 0 Å². The molecule has 2 aliphatic carbocycles. The van der Waals surface area contributed by atoms with Crippen LogP contribution in [-0.4, -0.2) is 19.7 Å². The van der Waals surface area contributed by atoms with Crippen LogP contribution in [0.1, 0.15) is 22.3 Å². The SMILES string of the molecule is O=[N+]([O-])c1cccc(-c2ccc3c(c2)C2(c4cc(-c5cccc([N+](=O)[O-])c5)ccc4-3)c3cc(-c4cccc([N+](=O)[O-])c4)ccc3-c3ccc(-c4cccc([N+](=O)[O-])c4)cc32)c1. The molecule has 0 atom stereocenters. The van der Waals surface area contributed by atoms with Gasteiger partial charge in [-0.1, -0.05) is 97.1 Å². The van der Waals surface area contributed by atoms with Gasteiger partial charge in [0.1, 0.15) is 0 Å². The van der Waals surface area contributed by atoms with Crippen LogP contribution in [0, 0.1) is 40.5 Å². The Kier molecular flexibility index (Phi) is 8.26. The maximum atomic E-state index is 11.9. The molecule has 0 bridgehead atoms. The minimum Gasteiger partial charge on any atom is -0.258 e. The van der Waals surface area contributed by atoms with E-state index >= 15 is 0 Å². The van der Waals surface area contributed by atoms with E-state index in [1.54, 1.807) is 24.3 Å². The maximum Gasteiger partial charge on any atom is 0.270 e. The zero-order valence-corrected chi connectivity index (χ0v) is 31.7. The zero-order chi connectivity index (χ0) is 42.2. The van der Waals surface area contributed by atoms with Gasteiger partial charge in [0.2, 0.25) is 0 Å². The summed E-state index contributed by atoms with van der Waals surface area (Å²) in [7, 11) is 0. The van der Waals surface area contributed by atoms with Crippen LogP contribution in [0.25, 0.3) is 66.8 Å². The number of hydrogen-bond donors (Lipinski definition) is 0. The highest BCUT2D eigenvalue weighted by molar-refractivity contribution is 5.98. The predicted molar refractivity (Wildman–Crippen MR) is 231 cm³/mol. The predicted octanol–water partition coefficient (Wildman–Crippen LogP) is 12.3. The molecule has 61 heavy (non-hydrogen) atoms. The number of rotatable bonds is 8. The summed E-state index contributed by atoms with van der Waals surface area (Å²) in [5.74, 6) is 0. The van der Waals surface area contributed by atoms with Crippen molar-refractivity contribution in [2.75, 3.05) is 0 Å². The lowest BCUT2D eigenvalue weighted by Gasteiger charge is -2.32. The molecule has 12 nitrogen and oxygen atoms in total. The lowest BCUT2D eigenvalue weighted by atomic mass is 9.69. The number of benzene rings is 8. The highest BCUT2D eigenvalue weighted by atomic mass is 16.6. The maximum absolute atomic E-state index is 11.9. The van der Waals surface area contributed by atoms with E-state index in [1.165, 1.54) is 48.5 Å². The molecule has 2 aliphatic rings. The third-order valence-corrected chi connectivity index (χ3v) is 11.8. The lowest BCUT2D eigenvalue weighted by Crippen LogP contribution is -2.26. The van der Waals surface area contributed by atoms with Crippen molar-refractivity contribution < 1.29 is 19.7 Å². The summed E-state index contributed by atoms with van der Waals surface area (Å²) in [6, 6.07) is 49.8. The highest BCUT2D eigenvalue weighted by Gasteiger charge is 2.52. The minimum atomic E-state index is -1.09. The fourth-order valence-electron chi connectivity index (χ4n) is 9.14. The van der Waals surface area contributed by atoms with Crippen molar-refractivity contribution in [3.05, 3.63) is 233 Å². The molecule has 0 heterocycles. The van der Waals surface area contributed by atoms with E-state index in [9.17, 15) is 40.5 Å². The molecule has 8 aromatic carbocycles. The second kappa shape index (κ2) is 13.7. The Morgan fingerprint density at radius 2 is 0.492 bits per heavy atom. The van der Waals surface area contributed by atoms with E-state index in [0.29, 0.717) is 22.3 Å². The minimum absolute atomic E-state index is 0.0580. The van der Waals surface area contributed by atoms with Crippen LogP contribution in [0.5, 0.6) is 0 Å². The first kappa shape index (κ1) is 36.7. The molecule has 0 aromatic heterocycles. The van der Waals surface area contributed by atoms with Gasteiger partial charge in [-0.25, -0.2) is 0 Å². The van der Waals surface area contributed by atoms with Crippen molar-refractivity contribution in [3.63, 3.8) is 0 Å². The standard InChI is InChI=1S/C49H28N4O8/c54-50(55)37-9-1-5-29(21-37)33-13-17-41-42-18-14-34(30-6-2-10-38(22-30)51(56)57)26-46(42)49(45(41)25-33)47-27-35(31-7-3-11-39(23-31)52(58)59)15-19-43(47)44-20-16-36(28-48(44)49)32-8-4-12-40(24-32)53(60)61/h1-28H. The van der Waals surface area contributed by atoms with Crippen LogP contribution in [0.4, 0.5) is 22.7 Å². The van der Waals surface area contributed by atoms with Crippen molar-refractivity contribution in [1.82, 2.24) is 0 Å². The molecule has 10 rings (SSSR count). The van der Waals surface area contributed by atoms with E-state index < -0.39 is 25.1 Å². The fourth-order valence-corrected chi connectivity index (χ4v) is 9.14. The molecule has 0 fully saturated rings. The van der Waals surface area contributed by atoms with Crippen LogP contribution >= 0.6 is 0 Å². The highest BCUT2D eigenvalue weighted by Crippen LogP contribution is 2.64. The second-order valence-electron chi connectivity index (χ2n) is 15.0. The lowest BCUT2D eigenvalue weighted by molar-refractivity contribution is -0.385. The first-order valence-electron chi connectivity index (χ1n) is 19.1. The second-order valence-corrected chi connectivity index (χ2v) is 15.0. The molecule has 0 N–H and O–H groups in total. The molecule has 8 aromatic rings. The van der Waals surface area contributed by atoms with Gasteiger partial charge in [-0.2, -0.15) is 0 Å². The van der Waals surface area contributed by atoms with Gasteiger partial charge in [-0.15, -0.1) is 0 Å². The Balaban J connectivity index is 1.31. The van der Waals surface area contributed by atoms with Crippen LogP contribution in [0.2, 0.25) is 0 Å². The van der Waals surface area contributed by atoms with Gasteiger partial charge in [-0.05, 0) is 113 Å². The summed E-state index contributed by atoms with van der Waals surface area (Å²) in [6.07, 6.45) is 0. The topological polar surface area (TPSA) is 173 Å². The summed E-state index contributed by atoms with van der Waals surface area (Å²) in [6.45, 7) is 0. The molecular formula is C49H28N4O8. The fraction of sp³-hybridized carbons (Fsp3) is 0.0204. The Morgan fingerprint density at radius 3 is 0.705 bits per heavy atom. The summed E-state index contributed by atoms with van der Waals surface area (Å²) in [5, 5.41) is 47.7. The van der Waals surface area contributed by atoms with Crippen molar-refractivity contribution in [2.24, 2.45) is 0 Å². The van der Waals surface area contributed by atoms with Crippen molar-refractivity contribution in [1.29, 1.82) is 0 Å². The van der Waals surface area contributed by atoms with Crippen molar-refractivity contribution in [3.8, 4) is 66.8 Å². The molecule has 0 saturated heterocycles. The number of nitrogens with zero attached hydrogens (tertiary/aromatic N) is 4.